The molecule has 0 unspecified atom stereocenters. The number of aromatic nitrogens is 2. The van der Waals surface area contributed by atoms with Crippen molar-refractivity contribution in [3.05, 3.63) is 89.1 Å². The van der Waals surface area contributed by atoms with Crippen LogP contribution >= 0.6 is 22.9 Å². The van der Waals surface area contributed by atoms with Crippen LogP contribution < -0.4 is 0 Å². The summed E-state index contributed by atoms with van der Waals surface area (Å²) in [6, 6.07) is 18.3. The van der Waals surface area contributed by atoms with Crippen molar-refractivity contribution in [2.24, 2.45) is 0 Å². The van der Waals surface area contributed by atoms with Crippen LogP contribution in [-0.4, -0.2) is 20.9 Å². The molecule has 0 radical (unpaired) electrons. The summed E-state index contributed by atoms with van der Waals surface area (Å²) in [7, 11) is 0. The van der Waals surface area contributed by atoms with Gasteiger partial charge in [-0.25, -0.2) is 9.48 Å². The van der Waals surface area contributed by atoms with Gasteiger partial charge in [-0.1, -0.05) is 48.0 Å². The monoisotopic (exact) mass is 474 g/mol. The fourth-order valence-corrected chi connectivity index (χ4v) is 4.29. The Kier molecular flexibility index (Phi) is 5.90. The van der Waals surface area contributed by atoms with Crippen LogP contribution in [0.25, 0.3) is 32.8 Å². The molecule has 162 valence electrons. The minimum absolute atomic E-state index is 0.280. The number of carboxylic acids is 1. The topological polar surface area (TPSA) is 55.1 Å². The number of carbonyl (C=O) groups is 1. The summed E-state index contributed by atoms with van der Waals surface area (Å²) in [5, 5.41) is 12.8. The maximum absolute atomic E-state index is 13.4. The average molecular weight is 475 g/mol. The Morgan fingerprint density at radius 2 is 1.72 bits per heavy atom. The molecule has 0 aliphatic rings. The molecule has 1 N–H and O–H groups in total. The number of para-hydroxylation sites is 1. The second kappa shape index (κ2) is 8.64. The SMILES string of the molecule is O=C(O)/C=C/c1ccc(-c2ccc(-c3cc(C(F)(F)F)nn3-c3ccccc3Cl)s2)cc1. The molecule has 4 nitrogen and oxygen atoms in total. The Bertz CT molecular complexity index is 1310. The minimum atomic E-state index is -4.60. The van der Waals surface area contributed by atoms with Crippen LogP contribution in [0.2, 0.25) is 5.02 Å². The van der Waals surface area contributed by atoms with Crippen LogP contribution in [0.1, 0.15) is 11.3 Å². The molecule has 2 aromatic heterocycles. The first-order valence-electron chi connectivity index (χ1n) is 9.26. The summed E-state index contributed by atoms with van der Waals surface area (Å²) in [6.07, 6.45) is -2.07. The third-order valence-electron chi connectivity index (χ3n) is 4.55. The van der Waals surface area contributed by atoms with Crippen molar-refractivity contribution >= 4 is 35.0 Å². The molecule has 4 aromatic rings. The molecule has 0 spiro atoms. The van der Waals surface area contributed by atoms with Gasteiger partial charge >= 0.3 is 12.1 Å². The van der Waals surface area contributed by atoms with Gasteiger partial charge in [-0.05, 0) is 47.5 Å². The van der Waals surface area contributed by atoms with E-state index in [1.807, 2.05) is 18.2 Å². The molecule has 9 heteroatoms. The largest absolute Gasteiger partial charge is 0.478 e. The molecule has 2 aromatic carbocycles. The molecule has 0 amide bonds. The van der Waals surface area contributed by atoms with E-state index in [1.54, 1.807) is 42.5 Å². The number of thiophene rings is 1. The Labute approximate surface area is 189 Å². The first-order valence-corrected chi connectivity index (χ1v) is 10.5. The lowest BCUT2D eigenvalue weighted by Gasteiger charge is -2.08. The van der Waals surface area contributed by atoms with Crippen LogP contribution in [-0.2, 0) is 11.0 Å². The highest BCUT2D eigenvalue weighted by Gasteiger charge is 2.35. The lowest BCUT2D eigenvalue weighted by atomic mass is 10.1. The van der Waals surface area contributed by atoms with Crippen LogP contribution in [0.4, 0.5) is 13.2 Å². The lowest BCUT2D eigenvalue weighted by Crippen LogP contribution is -2.07. The van der Waals surface area contributed by atoms with Gasteiger partial charge in [0.05, 0.1) is 21.3 Å². The smallest absolute Gasteiger partial charge is 0.435 e. The van der Waals surface area contributed by atoms with E-state index in [0.29, 0.717) is 10.6 Å². The zero-order valence-electron chi connectivity index (χ0n) is 16.2. The molecule has 0 atom stereocenters. The molecule has 32 heavy (non-hydrogen) atoms. The highest BCUT2D eigenvalue weighted by atomic mass is 35.5. The predicted octanol–water partition coefficient (Wildman–Crippen LogP) is 7.04. The zero-order chi connectivity index (χ0) is 22.9. The van der Waals surface area contributed by atoms with Gasteiger partial charge in [0.1, 0.15) is 0 Å². The number of nitrogens with zero attached hydrogens (tertiary/aromatic N) is 2. The third-order valence-corrected chi connectivity index (χ3v) is 6.03. The van der Waals surface area contributed by atoms with E-state index in [9.17, 15) is 18.0 Å². The van der Waals surface area contributed by atoms with Crippen molar-refractivity contribution in [2.45, 2.75) is 6.18 Å². The number of rotatable bonds is 5. The second-order valence-electron chi connectivity index (χ2n) is 6.73. The number of alkyl halides is 3. The van der Waals surface area contributed by atoms with E-state index in [2.05, 4.69) is 5.10 Å². The van der Waals surface area contributed by atoms with Gasteiger partial charge in [0.2, 0.25) is 0 Å². The average Bonchev–Trinajstić information content (AvgIpc) is 3.40. The van der Waals surface area contributed by atoms with E-state index in [-0.39, 0.29) is 10.7 Å². The molecule has 0 saturated heterocycles. The van der Waals surface area contributed by atoms with Crippen LogP contribution in [0, 0.1) is 0 Å². The Morgan fingerprint density at radius 3 is 2.38 bits per heavy atom. The van der Waals surface area contributed by atoms with Crippen molar-refractivity contribution in [1.29, 1.82) is 0 Å². The van der Waals surface area contributed by atoms with Gasteiger partial charge in [0, 0.05) is 11.0 Å². The summed E-state index contributed by atoms with van der Waals surface area (Å²) in [5.41, 5.74) is 1.21. The fraction of sp³-hybridized carbons (Fsp3) is 0.0435. The highest BCUT2D eigenvalue weighted by Crippen LogP contribution is 2.39. The van der Waals surface area contributed by atoms with Gasteiger partial charge < -0.3 is 5.11 Å². The zero-order valence-corrected chi connectivity index (χ0v) is 17.7. The summed E-state index contributed by atoms with van der Waals surface area (Å²) in [5.74, 6) is -1.04. The van der Waals surface area contributed by atoms with Gasteiger partial charge in [0.25, 0.3) is 0 Å². The molecule has 0 bridgehead atoms. The van der Waals surface area contributed by atoms with Crippen molar-refractivity contribution < 1.29 is 23.1 Å². The predicted molar refractivity (Wildman–Crippen MR) is 119 cm³/mol. The van der Waals surface area contributed by atoms with Gasteiger partial charge in [-0.2, -0.15) is 18.3 Å². The van der Waals surface area contributed by atoms with E-state index in [4.69, 9.17) is 16.7 Å². The molecule has 4 rings (SSSR count). The quantitative estimate of drug-likeness (QED) is 0.316. The maximum Gasteiger partial charge on any atom is 0.435 e. The van der Waals surface area contributed by atoms with Gasteiger partial charge in [-0.15, -0.1) is 11.3 Å². The number of aliphatic carboxylic acids is 1. The number of hydrogen-bond acceptors (Lipinski definition) is 3. The first-order chi connectivity index (χ1) is 15.2. The Morgan fingerprint density at radius 1 is 1.03 bits per heavy atom. The number of carboxylic acid groups (broad SMARTS) is 1. The van der Waals surface area contributed by atoms with Crippen LogP contribution in [0.15, 0.2) is 72.8 Å². The van der Waals surface area contributed by atoms with Gasteiger partial charge in [-0.3, -0.25) is 0 Å². The minimum Gasteiger partial charge on any atom is -0.478 e. The Balaban J connectivity index is 1.73. The lowest BCUT2D eigenvalue weighted by molar-refractivity contribution is -0.141. The summed E-state index contributed by atoms with van der Waals surface area (Å²) >= 11 is 7.54. The third kappa shape index (κ3) is 4.61. The van der Waals surface area contributed by atoms with Crippen molar-refractivity contribution in [3.63, 3.8) is 0 Å². The van der Waals surface area contributed by atoms with Crippen molar-refractivity contribution in [2.75, 3.05) is 0 Å². The van der Waals surface area contributed by atoms with E-state index >= 15 is 0 Å². The molecule has 0 aliphatic carbocycles. The highest BCUT2D eigenvalue weighted by molar-refractivity contribution is 7.18. The molecule has 0 aliphatic heterocycles. The van der Waals surface area contributed by atoms with E-state index in [0.717, 1.165) is 28.1 Å². The summed E-state index contributed by atoms with van der Waals surface area (Å²) in [4.78, 5) is 12.1. The fourth-order valence-electron chi connectivity index (χ4n) is 3.06. The Hall–Kier alpha value is -3.36. The first kappa shape index (κ1) is 21.9. The van der Waals surface area contributed by atoms with E-state index in [1.165, 1.54) is 22.1 Å². The number of hydrogen-bond donors (Lipinski definition) is 1. The van der Waals surface area contributed by atoms with E-state index < -0.39 is 17.8 Å². The number of benzene rings is 2. The molecular formula is C23H14ClF3N2O2S. The molecular weight excluding hydrogens is 461 g/mol. The van der Waals surface area contributed by atoms with Gasteiger partial charge in [0.15, 0.2) is 5.69 Å². The van der Waals surface area contributed by atoms with Crippen molar-refractivity contribution in [3.8, 4) is 26.7 Å². The van der Waals surface area contributed by atoms with Crippen molar-refractivity contribution in [1.82, 2.24) is 9.78 Å². The summed E-state index contributed by atoms with van der Waals surface area (Å²) in [6.45, 7) is 0. The molecule has 2 heterocycles. The molecule has 0 saturated carbocycles. The van der Waals surface area contributed by atoms with Crippen LogP contribution in [0.5, 0.6) is 0 Å². The molecule has 0 fully saturated rings. The standard InChI is InChI=1S/C23H14ClF3N2O2S/c24-16-3-1-2-4-17(16)29-18(13-21(28-29)23(25,26)27)20-11-10-19(32-20)15-8-5-14(6-9-15)7-12-22(30)31/h1-13H,(H,30,31)/b12-7+. The normalized spacial score (nSPS) is 11.9. The number of halogens is 4. The summed E-state index contributed by atoms with van der Waals surface area (Å²) < 4.78 is 41.4. The maximum atomic E-state index is 13.4. The second-order valence-corrected chi connectivity index (χ2v) is 8.22. The van der Waals surface area contributed by atoms with Crippen LogP contribution in [0.3, 0.4) is 0 Å².